The zero-order valence-electron chi connectivity index (χ0n) is 13.3. The van der Waals surface area contributed by atoms with E-state index in [2.05, 4.69) is 20.5 Å². The first-order valence-corrected chi connectivity index (χ1v) is 7.62. The van der Waals surface area contributed by atoms with Gasteiger partial charge in [0, 0.05) is 12.6 Å². The van der Waals surface area contributed by atoms with Crippen LogP contribution in [0.1, 0.15) is 6.92 Å². The first-order valence-electron chi connectivity index (χ1n) is 7.62. The summed E-state index contributed by atoms with van der Waals surface area (Å²) in [5.74, 6) is 1.65. The van der Waals surface area contributed by atoms with Crippen LogP contribution in [-0.4, -0.2) is 31.7 Å². The van der Waals surface area contributed by atoms with Gasteiger partial charge in [-0.25, -0.2) is 4.68 Å². The minimum atomic E-state index is 0.424. The average molecular weight is 321 g/mol. The molecule has 0 aliphatic heterocycles. The number of fused-ring (bicyclic) bond motifs is 1. The molecule has 7 nitrogen and oxygen atoms in total. The molecule has 0 atom stereocenters. The topological polar surface area (TPSA) is 78.9 Å². The predicted molar refractivity (Wildman–Crippen MR) is 88.4 cm³/mol. The van der Waals surface area contributed by atoms with E-state index in [1.54, 1.807) is 4.68 Å². The van der Waals surface area contributed by atoms with Gasteiger partial charge in [0.05, 0.1) is 17.7 Å². The highest BCUT2D eigenvalue weighted by Crippen LogP contribution is 2.30. The van der Waals surface area contributed by atoms with E-state index in [4.69, 9.17) is 9.26 Å². The lowest BCUT2D eigenvalue weighted by Gasteiger charge is -2.05. The lowest BCUT2D eigenvalue weighted by molar-refractivity contribution is 0.339. The second-order valence-electron chi connectivity index (χ2n) is 5.27. The Morgan fingerprint density at radius 2 is 2.04 bits per heavy atom. The van der Waals surface area contributed by atoms with Crippen LogP contribution in [0.15, 0.2) is 47.0 Å². The standard InChI is InChI=1S/C17H15N5O2/c1-3-23-15-7-5-4-6-12(15)17-18-16(20-24-17)11-8-9-14-13(10-11)19-21-22(14)2/h4-10H,3H2,1-2H3. The summed E-state index contributed by atoms with van der Waals surface area (Å²) in [6, 6.07) is 13.4. The molecule has 0 saturated carbocycles. The number of para-hydroxylation sites is 1. The van der Waals surface area contributed by atoms with Gasteiger partial charge < -0.3 is 9.26 Å². The molecule has 0 spiro atoms. The second kappa shape index (κ2) is 5.77. The number of aryl methyl sites for hydroxylation is 1. The zero-order valence-corrected chi connectivity index (χ0v) is 13.3. The number of hydrogen-bond acceptors (Lipinski definition) is 6. The molecule has 2 heterocycles. The molecular formula is C17H15N5O2. The van der Waals surface area contributed by atoms with Crippen molar-refractivity contribution in [2.75, 3.05) is 6.61 Å². The van der Waals surface area contributed by atoms with Crippen molar-refractivity contribution in [3.05, 3.63) is 42.5 Å². The van der Waals surface area contributed by atoms with Crippen LogP contribution < -0.4 is 4.74 Å². The van der Waals surface area contributed by atoms with E-state index in [1.807, 2.05) is 56.4 Å². The lowest BCUT2D eigenvalue weighted by Crippen LogP contribution is -1.93. The van der Waals surface area contributed by atoms with Gasteiger partial charge in [0.1, 0.15) is 11.3 Å². The monoisotopic (exact) mass is 321 g/mol. The van der Waals surface area contributed by atoms with Crippen LogP contribution in [0.5, 0.6) is 5.75 Å². The number of hydrogen-bond donors (Lipinski definition) is 0. The second-order valence-corrected chi connectivity index (χ2v) is 5.27. The smallest absolute Gasteiger partial charge is 0.262 e. The third-order valence-electron chi connectivity index (χ3n) is 3.71. The van der Waals surface area contributed by atoms with Crippen molar-refractivity contribution in [1.29, 1.82) is 0 Å². The van der Waals surface area contributed by atoms with Gasteiger partial charge in [0.25, 0.3) is 5.89 Å². The summed E-state index contributed by atoms with van der Waals surface area (Å²) in [5, 5.41) is 12.2. The molecular weight excluding hydrogens is 306 g/mol. The van der Waals surface area contributed by atoms with E-state index in [1.165, 1.54) is 0 Å². The van der Waals surface area contributed by atoms with Gasteiger partial charge in [-0.2, -0.15) is 4.98 Å². The maximum atomic E-state index is 5.62. The van der Waals surface area contributed by atoms with Gasteiger partial charge in [-0.3, -0.25) is 0 Å². The molecule has 0 bridgehead atoms. The van der Waals surface area contributed by atoms with Crippen molar-refractivity contribution in [3.8, 4) is 28.6 Å². The van der Waals surface area contributed by atoms with Gasteiger partial charge in [0.15, 0.2) is 0 Å². The largest absolute Gasteiger partial charge is 0.493 e. The van der Waals surface area contributed by atoms with Crippen molar-refractivity contribution in [1.82, 2.24) is 25.1 Å². The number of rotatable bonds is 4. The molecule has 0 N–H and O–H groups in total. The molecule has 120 valence electrons. The summed E-state index contributed by atoms with van der Waals surface area (Å²) >= 11 is 0. The van der Waals surface area contributed by atoms with Crippen molar-refractivity contribution in [3.63, 3.8) is 0 Å². The Morgan fingerprint density at radius 3 is 2.92 bits per heavy atom. The molecule has 0 amide bonds. The highest BCUT2D eigenvalue weighted by atomic mass is 16.5. The van der Waals surface area contributed by atoms with E-state index >= 15 is 0 Å². The molecule has 0 saturated heterocycles. The summed E-state index contributed by atoms with van der Waals surface area (Å²) in [5.41, 5.74) is 3.34. The molecule has 0 unspecified atom stereocenters. The Balaban J connectivity index is 1.74. The van der Waals surface area contributed by atoms with Crippen LogP contribution in [0.2, 0.25) is 0 Å². The molecule has 0 radical (unpaired) electrons. The molecule has 2 aromatic carbocycles. The highest BCUT2D eigenvalue weighted by Gasteiger charge is 2.15. The van der Waals surface area contributed by atoms with Crippen molar-refractivity contribution in [2.24, 2.45) is 7.05 Å². The normalized spacial score (nSPS) is 11.1. The molecule has 4 rings (SSSR count). The number of aromatic nitrogens is 5. The fourth-order valence-electron chi connectivity index (χ4n) is 2.55. The maximum Gasteiger partial charge on any atom is 0.262 e. The fraction of sp³-hybridized carbons (Fsp3) is 0.176. The maximum absolute atomic E-state index is 5.62. The SMILES string of the molecule is CCOc1ccccc1-c1nc(-c2ccc3c(c2)nnn3C)no1. The Bertz CT molecular complexity index is 1010. The Morgan fingerprint density at radius 1 is 1.17 bits per heavy atom. The Kier molecular flexibility index (Phi) is 3.45. The first kappa shape index (κ1) is 14.4. The van der Waals surface area contributed by atoms with Crippen LogP contribution in [0.3, 0.4) is 0 Å². The van der Waals surface area contributed by atoms with E-state index in [0.29, 0.717) is 18.3 Å². The summed E-state index contributed by atoms with van der Waals surface area (Å²) in [7, 11) is 1.85. The van der Waals surface area contributed by atoms with Crippen molar-refractivity contribution >= 4 is 11.0 Å². The molecule has 7 heteroatoms. The summed E-state index contributed by atoms with van der Waals surface area (Å²) < 4.78 is 12.8. The molecule has 0 aliphatic rings. The van der Waals surface area contributed by atoms with Crippen LogP contribution in [0.4, 0.5) is 0 Å². The van der Waals surface area contributed by atoms with Crippen LogP contribution in [-0.2, 0) is 7.05 Å². The molecule has 0 fully saturated rings. The van der Waals surface area contributed by atoms with E-state index in [0.717, 1.165) is 27.9 Å². The van der Waals surface area contributed by atoms with Gasteiger partial charge in [-0.15, -0.1) is 5.10 Å². The fourth-order valence-corrected chi connectivity index (χ4v) is 2.55. The molecule has 24 heavy (non-hydrogen) atoms. The van der Waals surface area contributed by atoms with Crippen LogP contribution in [0, 0.1) is 0 Å². The molecule has 2 aromatic heterocycles. The van der Waals surface area contributed by atoms with E-state index < -0.39 is 0 Å². The van der Waals surface area contributed by atoms with Gasteiger partial charge in [-0.1, -0.05) is 22.5 Å². The number of nitrogens with zero attached hydrogens (tertiary/aromatic N) is 5. The predicted octanol–water partition coefficient (Wildman–Crippen LogP) is 3.08. The Hall–Kier alpha value is -3.22. The van der Waals surface area contributed by atoms with E-state index in [-0.39, 0.29) is 0 Å². The Labute approximate surface area is 137 Å². The first-order chi connectivity index (χ1) is 11.8. The molecule has 0 aliphatic carbocycles. The summed E-state index contributed by atoms with van der Waals surface area (Å²) in [6.07, 6.45) is 0. The minimum Gasteiger partial charge on any atom is -0.493 e. The lowest BCUT2D eigenvalue weighted by atomic mass is 10.2. The number of ether oxygens (including phenoxy) is 1. The third kappa shape index (κ3) is 2.40. The summed E-state index contributed by atoms with van der Waals surface area (Å²) in [6.45, 7) is 2.51. The van der Waals surface area contributed by atoms with Crippen molar-refractivity contribution in [2.45, 2.75) is 6.92 Å². The van der Waals surface area contributed by atoms with Gasteiger partial charge in [-0.05, 0) is 37.3 Å². The van der Waals surface area contributed by atoms with Crippen molar-refractivity contribution < 1.29 is 9.26 Å². The highest BCUT2D eigenvalue weighted by molar-refractivity contribution is 5.80. The summed E-state index contributed by atoms with van der Waals surface area (Å²) in [4.78, 5) is 4.49. The zero-order chi connectivity index (χ0) is 16.5. The quantitative estimate of drug-likeness (QED) is 0.575. The van der Waals surface area contributed by atoms with Crippen LogP contribution >= 0.6 is 0 Å². The third-order valence-corrected chi connectivity index (χ3v) is 3.71. The molecule has 4 aromatic rings. The minimum absolute atomic E-state index is 0.424. The van der Waals surface area contributed by atoms with E-state index in [9.17, 15) is 0 Å². The van der Waals surface area contributed by atoms with Gasteiger partial charge >= 0.3 is 0 Å². The van der Waals surface area contributed by atoms with Crippen LogP contribution in [0.25, 0.3) is 33.9 Å². The van der Waals surface area contributed by atoms with Gasteiger partial charge in [0.2, 0.25) is 5.82 Å². The number of benzene rings is 2. The average Bonchev–Trinajstić information content (AvgIpc) is 3.23.